The van der Waals surface area contributed by atoms with Gasteiger partial charge in [0.2, 0.25) is 0 Å². The summed E-state index contributed by atoms with van der Waals surface area (Å²) < 4.78 is 5.86. The standard InChI is InChI=1S/C23H30N2O2/c1-3-21-8-4-5-9-22(21)27-18(2)23(26)24-16-19-10-12-20(13-11-19)17-25-14-6-7-15-25/h4-5,8-13,18H,3,6-7,14-17H2,1-2H3,(H,24,26)/t18-/m0/s1. The molecule has 27 heavy (non-hydrogen) atoms. The molecule has 0 aliphatic carbocycles. The Hall–Kier alpha value is -2.33. The monoisotopic (exact) mass is 366 g/mol. The number of benzene rings is 2. The number of likely N-dealkylation sites (tertiary alicyclic amines) is 1. The van der Waals surface area contributed by atoms with E-state index in [9.17, 15) is 4.79 Å². The summed E-state index contributed by atoms with van der Waals surface area (Å²) >= 11 is 0. The topological polar surface area (TPSA) is 41.6 Å². The summed E-state index contributed by atoms with van der Waals surface area (Å²) in [6.07, 6.45) is 2.99. The number of para-hydroxylation sites is 1. The van der Waals surface area contributed by atoms with Crippen molar-refractivity contribution in [2.75, 3.05) is 13.1 Å². The van der Waals surface area contributed by atoms with E-state index in [0.29, 0.717) is 6.54 Å². The lowest BCUT2D eigenvalue weighted by Gasteiger charge is -2.17. The fraction of sp³-hybridized carbons (Fsp3) is 0.435. The average molecular weight is 367 g/mol. The molecule has 1 fully saturated rings. The van der Waals surface area contributed by atoms with Crippen LogP contribution in [0.5, 0.6) is 5.75 Å². The van der Waals surface area contributed by atoms with Gasteiger partial charge in [0.05, 0.1) is 0 Å². The lowest BCUT2D eigenvalue weighted by Crippen LogP contribution is -2.36. The highest BCUT2D eigenvalue weighted by molar-refractivity contribution is 5.80. The van der Waals surface area contributed by atoms with E-state index >= 15 is 0 Å². The van der Waals surface area contributed by atoms with Crippen molar-refractivity contribution in [2.45, 2.75) is 52.3 Å². The Bertz CT molecular complexity index is 736. The van der Waals surface area contributed by atoms with Gasteiger partial charge in [0.15, 0.2) is 6.10 Å². The Morgan fingerprint density at radius 3 is 2.44 bits per heavy atom. The van der Waals surface area contributed by atoms with Crippen LogP contribution in [0.1, 0.15) is 43.4 Å². The number of amides is 1. The van der Waals surface area contributed by atoms with Crippen molar-refractivity contribution < 1.29 is 9.53 Å². The zero-order chi connectivity index (χ0) is 19.1. The van der Waals surface area contributed by atoms with Crippen LogP contribution in [-0.4, -0.2) is 30.0 Å². The Morgan fingerprint density at radius 2 is 1.74 bits per heavy atom. The minimum atomic E-state index is -0.521. The summed E-state index contributed by atoms with van der Waals surface area (Å²) in [6.45, 7) is 7.83. The Morgan fingerprint density at radius 1 is 1.07 bits per heavy atom. The molecule has 0 aromatic heterocycles. The smallest absolute Gasteiger partial charge is 0.261 e. The third-order valence-corrected chi connectivity index (χ3v) is 5.12. The first-order chi connectivity index (χ1) is 13.2. The number of hydrogen-bond donors (Lipinski definition) is 1. The molecule has 0 spiro atoms. The van der Waals surface area contributed by atoms with Crippen LogP contribution in [0.25, 0.3) is 0 Å². The molecule has 4 nitrogen and oxygen atoms in total. The summed E-state index contributed by atoms with van der Waals surface area (Å²) in [6, 6.07) is 16.4. The summed E-state index contributed by atoms with van der Waals surface area (Å²) in [7, 11) is 0. The quantitative estimate of drug-likeness (QED) is 0.770. The van der Waals surface area contributed by atoms with Gasteiger partial charge in [-0.25, -0.2) is 0 Å². The first-order valence-electron chi connectivity index (χ1n) is 9.98. The zero-order valence-electron chi connectivity index (χ0n) is 16.4. The number of hydrogen-bond acceptors (Lipinski definition) is 3. The van der Waals surface area contributed by atoms with Crippen LogP contribution < -0.4 is 10.1 Å². The van der Waals surface area contributed by atoms with E-state index in [4.69, 9.17) is 4.74 Å². The van der Waals surface area contributed by atoms with Crippen LogP contribution in [0.4, 0.5) is 0 Å². The van der Waals surface area contributed by atoms with Crippen molar-refractivity contribution in [1.82, 2.24) is 10.2 Å². The van der Waals surface area contributed by atoms with Crippen LogP contribution >= 0.6 is 0 Å². The fourth-order valence-corrected chi connectivity index (χ4v) is 3.45. The van der Waals surface area contributed by atoms with Crippen molar-refractivity contribution in [3.8, 4) is 5.75 Å². The molecule has 2 aromatic rings. The number of aryl methyl sites for hydroxylation is 1. The summed E-state index contributed by atoms with van der Waals surface area (Å²) in [5.41, 5.74) is 3.56. The van der Waals surface area contributed by atoms with E-state index in [0.717, 1.165) is 29.8 Å². The van der Waals surface area contributed by atoms with Crippen LogP contribution in [0, 0.1) is 0 Å². The second kappa shape index (κ2) is 9.56. The van der Waals surface area contributed by atoms with E-state index in [1.807, 2.05) is 24.3 Å². The summed E-state index contributed by atoms with van der Waals surface area (Å²) in [5.74, 6) is 0.691. The van der Waals surface area contributed by atoms with Gasteiger partial charge in [0.25, 0.3) is 5.91 Å². The molecule has 0 unspecified atom stereocenters. The number of carbonyl (C=O) groups is 1. The summed E-state index contributed by atoms with van der Waals surface area (Å²) in [5, 5.41) is 2.97. The van der Waals surface area contributed by atoms with Gasteiger partial charge in [0, 0.05) is 13.1 Å². The second-order valence-electron chi connectivity index (χ2n) is 7.24. The first kappa shape index (κ1) is 19.4. The molecule has 2 aromatic carbocycles. The van der Waals surface area contributed by atoms with Crippen molar-refractivity contribution in [1.29, 1.82) is 0 Å². The van der Waals surface area contributed by atoms with Crippen LogP contribution in [0.2, 0.25) is 0 Å². The van der Waals surface area contributed by atoms with Gasteiger partial charge in [-0.3, -0.25) is 9.69 Å². The van der Waals surface area contributed by atoms with Gasteiger partial charge in [-0.05, 0) is 62.0 Å². The Balaban J connectivity index is 1.47. The van der Waals surface area contributed by atoms with E-state index in [-0.39, 0.29) is 5.91 Å². The highest BCUT2D eigenvalue weighted by Crippen LogP contribution is 2.20. The van der Waals surface area contributed by atoms with Crippen LogP contribution in [0.3, 0.4) is 0 Å². The molecule has 1 amide bonds. The molecule has 0 radical (unpaired) electrons. The molecular formula is C23H30N2O2. The maximum atomic E-state index is 12.4. The molecule has 1 N–H and O–H groups in total. The SMILES string of the molecule is CCc1ccccc1O[C@@H](C)C(=O)NCc1ccc(CN2CCCC2)cc1. The van der Waals surface area contributed by atoms with Gasteiger partial charge in [-0.2, -0.15) is 0 Å². The van der Waals surface area contributed by atoms with E-state index in [1.165, 1.54) is 31.5 Å². The Kier molecular flexibility index (Phi) is 6.88. The van der Waals surface area contributed by atoms with Gasteiger partial charge in [0.1, 0.15) is 5.75 Å². The molecular weight excluding hydrogens is 336 g/mol. The maximum absolute atomic E-state index is 12.4. The highest BCUT2D eigenvalue weighted by atomic mass is 16.5. The van der Waals surface area contributed by atoms with E-state index < -0.39 is 6.10 Å². The minimum absolute atomic E-state index is 0.0953. The Labute approximate surface area is 162 Å². The molecule has 1 aliphatic rings. The second-order valence-corrected chi connectivity index (χ2v) is 7.24. The zero-order valence-corrected chi connectivity index (χ0v) is 16.4. The van der Waals surface area contributed by atoms with Crippen LogP contribution in [-0.2, 0) is 24.3 Å². The average Bonchev–Trinajstić information content (AvgIpc) is 3.20. The normalized spacial score (nSPS) is 15.5. The molecule has 1 aliphatic heterocycles. The van der Waals surface area contributed by atoms with Crippen LogP contribution in [0.15, 0.2) is 48.5 Å². The molecule has 1 atom stereocenters. The molecule has 0 bridgehead atoms. The predicted molar refractivity (Wildman–Crippen MR) is 109 cm³/mol. The molecule has 144 valence electrons. The first-order valence-corrected chi connectivity index (χ1v) is 9.98. The van der Waals surface area contributed by atoms with Crippen molar-refractivity contribution in [2.24, 2.45) is 0 Å². The van der Waals surface area contributed by atoms with Crippen molar-refractivity contribution in [3.05, 3.63) is 65.2 Å². The molecule has 3 rings (SSSR count). The highest BCUT2D eigenvalue weighted by Gasteiger charge is 2.16. The van der Waals surface area contributed by atoms with Crippen molar-refractivity contribution >= 4 is 5.91 Å². The van der Waals surface area contributed by atoms with Gasteiger partial charge >= 0.3 is 0 Å². The molecule has 1 saturated heterocycles. The predicted octanol–water partition coefficient (Wildman–Crippen LogP) is 3.93. The van der Waals surface area contributed by atoms with Gasteiger partial charge in [-0.1, -0.05) is 49.4 Å². The third kappa shape index (κ3) is 5.57. The minimum Gasteiger partial charge on any atom is -0.481 e. The third-order valence-electron chi connectivity index (χ3n) is 5.12. The number of nitrogens with one attached hydrogen (secondary N) is 1. The van der Waals surface area contributed by atoms with Crippen molar-refractivity contribution in [3.63, 3.8) is 0 Å². The molecule has 1 heterocycles. The number of nitrogens with zero attached hydrogens (tertiary/aromatic N) is 1. The van der Waals surface area contributed by atoms with Gasteiger partial charge < -0.3 is 10.1 Å². The fourth-order valence-electron chi connectivity index (χ4n) is 3.45. The maximum Gasteiger partial charge on any atom is 0.261 e. The summed E-state index contributed by atoms with van der Waals surface area (Å²) in [4.78, 5) is 14.9. The number of ether oxygens (including phenoxy) is 1. The molecule has 4 heteroatoms. The van der Waals surface area contributed by atoms with E-state index in [2.05, 4.69) is 41.4 Å². The molecule has 0 saturated carbocycles. The largest absolute Gasteiger partial charge is 0.481 e. The van der Waals surface area contributed by atoms with Gasteiger partial charge in [-0.15, -0.1) is 0 Å². The number of carbonyl (C=O) groups excluding carboxylic acids is 1. The lowest BCUT2D eigenvalue weighted by molar-refractivity contribution is -0.127. The number of rotatable bonds is 8. The lowest BCUT2D eigenvalue weighted by atomic mass is 10.1. The van der Waals surface area contributed by atoms with E-state index in [1.54, 1.807) is 6.92 Å².